The smallest absolute Gasteiger partial charge is 0.245 e. The molecular weight excluding hydrogens is 258 g/mol. The molecule has 0 aromatic carbocycles. The maximum Gasteiger partial charge on any atom is 0.245 e. The van der Waals surface area contributed by atoms with Crippen molar-refractivity contribution < 1.29 is 14.3 Å². The SMILES string of the molecule is CCCNC(=O)C1COCCN1C(=O)[C@H](N)CC(C)C. The second kappa shape index (κ2) is 8.21. The molecule has 6 heteroatoms. The van der Waals surface area contributed by atoms with Crippen LogP contribution in [0.3, 0.4) is 0 Å². The predicted molar refractivity (Wildman–Crippen MR) is 77.1 cm³/mol. The number of rotatable bonds is 6. The molecule has 1 rings (SSSR count). The van der Waals surface area contributed by atoms with Gasteiger partial charge in [0.05, 0.1) is 19.3 Å². The van der Waals surface area contributed by atoms with Crippen molar-refractivity contribution in [3.8, 4) is 0 Å². The Hall–Kier alpha value is -1.14. The Morgan fingerprint density at radius 3 is 2.75 bits per heavy atom. The third kappa shape index (κ3) is 4.76. The lowest BCUT2D eigenvalue weighted by Gasteiger charge is -2.36. The molecule has 0 radical (unpaired) electrons. The summed E-state index contributed by atoms with van der Waals surface area (Å²) in [5.41, 5.74) is 5.95. The summed E-state index contributed by atoms with van der Waals surface area (Å²) in [7, 11) is 0. The van der Waals surface area contributed by atoms with Crippen LogP contribution in [0.5, 0.6) is 0 Å². The van der Waals surface area contributed by atoms with Crippen LogP contribution in [0.2, 0.25) is 0 Å². The Bertz CT molecular complexity index is 334. The molecular formula is C14H27N3O3. The number of carbonyl (C=O) groups excluding carboxylic acids is 2. The van der Waals surface area contributed by atoms with E-state index in [2.05, 4.69) is 5.32 Å². The van der Waals surface area contributed by atoms with Gasteiger partial charge in [0, 0.05) is 13.1 Å². The van der Waals surface area contributed by atoms with Crippen LogP contribution in [0.1, 0.15) is 33.6 Å². The molecule has 20 heavy (non-hydrogen) atoms. The van der Waals surface area contributed by atoms with Crippen LogP contribution in [-0.4, -0.2) is 55.1 Å². The quantitative estimate of drug-likeness (QED) is 0.725. The number of nitrogens with zero attached hydrogens (tertiary/aromatic N) is 1. The normalized spacial score (nSPS) is 20.9. The van der Waals surface area contributed by atoms with Gasteiger partial charge in [0.1, 0.15) is 6.04 Å². The maximum atomic E-state index is 12.4. The van der Waals surface area contributed by atoms with Gasteiger partial charge >= 0.3 is 0 Å². The standard InChI is InChI=1S/C14H27N3O3/c1-4-5-16-13(18)12-9-20-7-6-17(12)14(19)11(15)8-10(2)3/h10-12H,4-9,15H2,1-3H3,(H,16,18)/t11-,12?/m1/s1. The number of nitrogens with one attached hydrogen (secondary N) is 1. The van der Waals surface area contributed by atoms with Gasteiger partial charge in [-0.15, -0.1) is 0 Å². The molecule has 1 aliphatic rings. The molecule has 6 nitrogen and oxygen atoms in total. The monoisotopic (exact) mass is 285 g/mol. The first-order chi connectivity index (χ1) is 9.47. The first kappa shape index (κ1) is 16.9. The van der Waals surface area contributed by atoms with E-state index < -0.39 is 12.1 Å². The van der Waals surface area contributed by atoms with E-state index in [1.165, 1.54) is 0 Å². The Morgan fingerprint density at radius 1 is 1.45 bits per heavy atom. The number of morpholine rings is 1. The van der Waals surface area contributed by atoms with E-state index in [4.69, 9.17) is 10.5 Å². The van der Waals surface area contributed by atoms with Crippen LogP contribution in [0, 0.1) is 5.92 Å². The van der Waals surface area contributed by atoms with Crippen molar-refractivity contribution >= 4 is 11.8 Å². The third-order valence-electron chi connectivity index (χ3n) is 3.31. The van der Waals surface area contributed by atoms with Gasteiger partial charge in [-0.05, 0) is 18.8 Å². The van der Waals surface area contributed by atoms with Gasteiger partial charge in [-0.2, -0.15) is 0 Å². The van der Waals surface area contributed by atoms with E-state index in [1.807, 2.05) is 20.8 Å². The Kier molecular flexibility index (Phi) is 6.95. The lowest BCUT2D eigenvalue weighted by molar-refractivity contribution is -0.149. The highest BCUT2D eigenvalue weighted by atomic mass is 16.5. The average Bonchev–Trinajstić information content (AvgIpc) is 2.43. The summed E-state index contributed by atoms with van der Waals surface area (Å²) in [5.74, 6) is 0.0395. The largest absolute Gasteiger partial charge is 0.377 e. The second-order valence-electron chi connectivity index (χ2n) is 5.65. The van der Waals surface area contributed by atoms with Crippen molar-refractivity contribution in [2.75, 3.05) is 26.3 Å². The molecule has 0 aromatic rings. The van der Waals surface area contributed by atoms with E-state index in [1.54, 1.807) is 4.90 Å². The highest BCUT2D eigenvalue weighted by Gasteiger charge is 2.34. The lowest BCUT2D eigenvalue weighted by Crippen LogP contribution is -2.59. The van der Waals surface area contributed by atoms with Crippen molar-refractivity contribution in [1.82, 2.24) is 10.2 Å². The van der Waals surface area contributed by atoms with E-state index >= 15 is 0 Å². The summed E-state index contributed by atoms with van der Waals surface area (Å²) in [6.07, 6.45) is 1.49. The number of carbonyl (C=O) groups is 2. The Labute approximate surface area is 121 Å². The van der Waals surface area contributed by atoms with Crippen molar-refractivity contribution in [2.45, 2.75) is 45.7 Å². The van der Waals surface area contributed by atoms with Crippen LogP contribution in [0.25, 0.3) is 0 Å². The van der Waals surface area contributed by atoms with E-state index in [0.29, 0.717) is 32.0 Å². The average molecular weight is 285 g/mol. The predicted octanol–water partition coefficient (Wildman–Crippen LogP) is 0.113. The fourth-order valence-corrected chi connectivity index (χ4v) is 2.27. The zero-order valence-electron chi connectivity index (χ0n) is 12.7. The Morgan fingerprint density at radius 2 is 2.15 bits per heavy atom. The molecule has 0 aromatic heterocycles. The summed E-state index contributed by atoms with van der Waals surface area (Å²) in [6, 6.07) is -1.10. The number of hydrogen-bond donors (Lipinski definition) is 2. The zero-order chi connectivity index (χ0) is 15.1. The van der Waals surface area contributed by atoms with Crippen molar-refractivity contribution in [3.05, 3.63) is 0 Å². The minimum absolute atomic E-state index is 0.154. The van der Waals surface area contributed by atoms with Gasteiger partial charge in [0.15, 0.2) is 0 Å². The van der Waals surface area contributed by atoms with Gasteiger partial charge in [-0.1, -0.05) is 20.8 Å². The van der Waals surface area contributed by atoms with Crippen molar-refractivity contribution in [3.63, 3.8) is 0 Å². The molecule has 2 atom stereocenters. The van der Waals surface area contributed by atoms with Crippen LogP contribution in [-0.2, 0) is 14.3 Å². The van der Waals surface area contributed by atoms with E-state index in [-0.39, 0.29) is 18.4 Å². The second-order valence-corrected chi connectivity index (χ2v) is 5.65. The summed E-state index contributed by atoms with van der Waals surface area (Å²) in [5, 5.41) is 2.81. The summed E-state index contributed by atoms with van der Waals surface area (Å²) in [6.45, 7) is 7.77. The highest BCUT2D eigenvalue weighted by molar-refractivity contribution is 5.90. The zero-order valence-corrected chi connectivity index (χ0v) is 12.7. The van der Waals surface area contributed by atoms with Crippen LogP contribution < -0.4 is 11.1 Å². The highest BCUT2D eigenvalue weighted by Crippen LogP contribution is 2.12. The first-order valence-corrected chi connectivity index (χ1v) is 7.38. The molecule has 0 saturated carbocycles. The number of hydrogen-bond acceptors (Lipinski definition) is 4. The van der Waals surface area contributed by atoms with E-state index in [0.717, 1.165) is 6.42 Å². The van der Waals surface area contributed by atoms with Gasteiger partial charge in [-0.25, -0.2) is 0 Å². The lowest BCUT2D eigenvalue weighted by atomic mass is 10.0. The molecule has 1 fully saturated rings. The summed E-state index contributed by atoms with van der Waals surface area (Å²) >= 11 is 0. The third-order valence-corrected chi connectivity index (χ3v) is 3.31. The minimum atomic E-state index is -0.555. The van der Waals surface area contributed by atoms with E-state index in [9.17, 15) is 9.59 Å². The molecule has 1 heterocycles. The molecule has 0 spiro atoms. The summed E-state index contributed by atoms with van der Waals surface area (Å²) in [4.78, 5) is 26.0. The first-order valence-electron chi connectivity index (χ1n) is 7.38. The van der Waals surface area contributed by atoms with Crippen LogP contribution in [0.15, 0.2) is 0 Å². The number of nitrogens with two attached hydrogens (primary N) is 1. The van der Waals surface area contributed by atoms with Gasteiger partial charge in [0.25, 0.3) is 0 Å². The molecule has 116 valence electrons. The molecule has 2 amide bonds. The minimum Gasteiger partial charge on any atom is -0.377 e. The van der Waals surface area contributed by atoms with Gasteiger partial charge in [0.2, 0.25) is 11.8 Å². The summed E-state index contributed by atoms with van der Waals surface area (Å²) < 4.78 is 5.33. The fraction of sp³-hybridized carbons (Fsp3) is 0.857. The topological polar surface area (TPSA) is 84.7 Å². The Balaban J connectivity index is 2.67. The molecule has 0 aliphatic carbocycles. The van der Waals surface area contributed by atoms with Gasteiger partial charge in [-0.3, -0.25) is 9.59 Å². The van der Waals surface area contributed by atoms with Crippen molar-refractivity contribution in [2.24, 2.45) is 11.7 Å². The fourth-order valence-electron chi connectivity index (χ4n) is 2.27. The molecule has 1 saturated heterocycles. The maximum absolute atomic E-state index is 12.4. The molecule has 1 aliphatic heterocycles. The molecule has 0 bridgehead atoms. The van der Waals surface area contributed by atoms with Crippen LogP contribution in [0.4, 0.5) is 0 Å². The number of amides is 2. The molecule has 3 N–H and O–H groups in total. The molecule has 1 unspecified atom stereocenters. The van der Waals surface area contributed by atoms with Crippen LogP contribution >= 0.6 is 0 Å². The number of ether oxygens (including phenoxy) is 1. The van der Waals surface area contributed by atoms with Gasteiger partial charge < -0.3 is 20.7 Å². The van der Waals surface area contributed by atoms with Crippen molar-refractivity contribution in [1.29, 1.82) is 0 Å².